The van der Waals surface area contributed by atoms with Gasteiger partial charge in [0.25, 0.3) is 6.04 Å². The molecule has 1 aliphatic rings. The van der Waals surface area contributed by atoms with Crippen LogP contribution in [0.25, 0.3) is 0 Å². The maximum Gasteiger partial charge on any atom is 0.259 e. The van der Waals surface area contributed by atoms with Gasteiger partial charge in [0.2, 0.25) is 0 Å². The van der Waals surface area contributed by atoms with E-state index in [1.54, 1.807) is 0 Å². The van der Waals surface area contributed by atoms with E-state index < -0.39 is 6.04 Å². The molecule has 0 spiro atoms. The van der Waals surface area contributed by atoms with Gasteiger partial charge >= 0.3 is 0 Å². The summed E-state index contributed by atoms with van der Waals surface area (Å²) in [5.41, 5.74) is 0. The Morgan fingerprint density at radius 1 is 2.00 bits per heavy atom. The van der Waals surface area contributed by atoms with Gasteiger partial charge in [-0.3, -0.25) is 10.1 Å². The van der Waals surface area contributed by atoms with Gasteiger partial charge in [-0.25, -0.2) is 0 Å². The fourth-order valence-electron chi connectivity index (χ4n) is 0.626. The second-order valence-corrected chi connectivity index (χ2v) is 1.88. The predicted molar refractivity (Wildman–Crippen MR) is 30.7 cm³/mol. The van der Waals surface area contributed by atoms with Gasteiger partial charge in [0, 0.05) is 4.92 Å². The summed E-state index contributed by atoms with van der Waals surface area (Å²) in [5.74, 6) is 0. The summed E-state index contributed by atoms with van der Waals surface area (Å²) in [6.07, 6.45) is 1.09. The lowest BCUT2D eigenvalue weighted by atomic mass is 10.2. The molecule has 0 amide bonds. The van der Waals surface area contributed by atoms with Crippen LogP contribution in [0.2, 0.25) is 0 Å². The highest BCUT2D eigenvalue weighted by Gasteiger charge is 2.38. The molecule has 0 N–H and O–H groups in total. The lowest BCUT2D eigenvalue weighted by Gasteiger charge is -1.96. The Hall–Kier alpha value is -0.900. The summed E-state index contributed by atoms with van der Waals surface area (Å²) < 4.78 is 4.71. The van der Waals surface area contributed by atoms with Crippen LogP contribution in [-0.2, 0) is 4.74 Å². The van der Waals surface area contributed by atoms with Crippen molar-refractivity contribution in [1.29, 1.82) is 0 Å². The molecule has 50 valence electrons. The van der Waals surface area contributed by atoms with E-state index in [1.165, 1.54) is 6.08 Å². The van der Waals surface area contributed by atoms with Crippen molar-refractivity contribution in [1.82, 2.24) is 0 Å². The van der Waals surface area contributed by atoms with Gasteiger partial charge in [0.15, 0.2) is 6.10 Å². The van der Waals surface area contributed by atoms with E-state index >= 15 is 0 Å². The second-order valence-electron chi connectivity index (χ2n) is 1.88. The van der Waals surface area contributed by atoms with Crippen molar-refractivity contribution >= 4 is 0 Å². The molecule has 0 aromatic rings. The Balaban J connectivity index is 2.47. The number of hydrogen-bond donors (Lipinski definition) is 0. The highest BCUT2D eigenvalue weighted by Crippen LogP contribution is 2.16. The van der Waals surface area contributed by atoms with Crippen molar-refractivity contribution in [2.45, 2.75) is 12.1 Å². The fraction of sp³-hybridized carbons (Fsp3) is 0.600. The molecule has 1 heterocycles. The van der Waals surface area contributed by atoms with E-state index in [1.807, 2.05) is 0 Å². The molecule has 0 aromatic heterocycles. The summed E-state index contributed by atoms with van der Waals surface area (Å²) in [6.45, 7) is 3.82. The first-order valence-electron chi connectivity index (χ1n) is 2.63. The Kier molecular flexibility index (Phi) is 1.48. The molecule has 0 aliphatic carbocycles. The largest absolute Gasteiger partial charge is 0.365 e. The quantitative estimate of drug-likeness (QED) is 0.237. The lowest BCUT2D eigenvalue weighted by molar-refractivity contribution is -0.511. The van der Waals surface area contributed by atoms with Gasteiger partial charge in [-0.05, 0) is 6.08 Å². The molecule has 0 aromatic carbocycles. The third-order valence-corrected chi connectivity index (χ3v) is 1.22. The van der Waals surface area contributed by atoms with Crippen molar-refractivity contribution < 1.29 is 9.66 Å². The first-order chi connectivity index (χ1) is 4.25. The summed E-state index contributed by atoms with van der Waals surface area (Å²) >= 11 is 0. The normalized spacial score (nSPS) is 26.9. The smallest absolute Gasteiger partial charge is 0.259 e. The Morgan fingerprint density at radius 3 is 2.67 bits per heavy atom. The minimum atomic E-state index is -0.704. The molecule has 2 atom stereocenters. The molecule has 1 rings (SSSR count). The minimum Gasteiger partial charge on any atom is -0.365 e. The van der Waals surface area contributed by atoms with Crippen LogP contribution < -0.4 is 0 Å². The number of rotatable bonds is 3. The van der Waals surface area contributed by atoms with Gasteiger partial charge in [0.05, 0.1) is 6.61 Å². The summed E-state index contributed by atoms with van der Waals surface area (Å²) in [7, 11) is 0. The molecule has 1 saturated heterocycles. The molecule has 1 aliphatic heterocycles. The third kappa shape index (κ3) is 1.26. The van der Waals surface area contributed by atoms with Crippen LogP contribution in [0.3, 0.4) is 0 Å². The zero-order valence-corrected chi connectivity index (χ0v) is 4.82. The van der Waals surface area contributed by atoms with E-state index in [0.717, 1.165) is 0 Å². The van der Waals surface area contributed by atoms with Gasteiger partial charge < -0.3 is 4.74 Å². The van der Waals surface area contributed by atoms with E-state index in [-0.39, 0.29) is 11.0 Å². The monoisotopic (exact) mass is 129 g/mol. The number of epoxide rings is 1. The SMILES string of the molecule is C=CC(C1CO1)[N+](=O)[O-]. The topological polar surface area (TPSA) is 55.7 Å². The van der Waals surface area contributed by atoms with Crippen LogP contribution in [0.5, 0.6) is 0 Å². The molecule has 0 radical (unpaired) electrons. The van der Waals surface area contributed by atoms with E-state index in [9.17, 15) is 10.1 Å². The predicted octanol–water partition coefficient (Wildman–Crippen LogP) is 0.216. The van der Waals surface area contributed by atoms with Crippen LogP contribution in [0, 0.1) is 10.1 Å². The van der Waals surface area contributed by atoms with Crippen LogP contribution in [-0.4, -0.2) is 23.7 Å². The molecule has 4 nitrogen and oxygen atoms in total. The van der Waals surface area contributed by atoms with E-state index in [4.69, 9.17) is 4.74 Å². The molecule has 0 bridgehead atoms. The van der Waals surface area contributed by atoms with Crippen LogP contribution in [0.4, 0.5) is 0 Å². The molecule has 1 fully saturated rings. The number of ether oxygens (including phenoxy) is 1. The molecule has 2 unspecified atom stereocenters. The van der Waals surface area contributed by atoms with Gasteiger partial charge in [0.1, 0.15) is 0 Å². The lowest BCUT2D eigenvalue weighted by Crippen LogP contribution is -2.22. The zero-order chi connectivity index (χ0) is 6.85. The molecular weight excluding hydrogens is 122 g/mol. The van der Waals surface area contributed by atoms with Gasteiger partial charge in [-0.15, -0.1) is 0 Å². The molecular formula is C5H7NO3. The fourth-order valence-corrected chi connectivity index (χ4v) is 0.626. The minimum absolute atomic E-state index is 0.211. The van der Waals surface area contributed by atoms with Gasteiger partial charge in [-0.2, -0.15) is 0 Å². The Bertz CT molecular complexity index is 141. The van der Waals surface area contributed by atoms with Crippen molar-refractivity contribution in [3.05, 3.63) is 22.8 Å². The Morgan fingerprint density at radius 2 is 2.56 bits per heavy atom. The summed E-state index contributed by atoms with van der Waals surface area (Å²) in [5, 5.41) is 10.1. The van der Waals surface area contributed by atoms with E-state index in [0.29, 0.717) is 6.61 Å². The van der Waals surface area contributed by atoms with Crippen LogP contribution >= 0.6 is 0 Å². The van der Waals surface area contributed by atoms with E-state index in [2.05, 4.69) is 6.58 Å². The average Bonchev–Trinajstić information content (AvgIpc) is 2.50. The standard InChI is InChI=1S/C5H7NO3/c1-2-4(6(7)8)5-3-9-5/h2,4-5H,1,3H2. The number of nitrogens with zero attached hydrogens (tertiary/aromatic N) is 1. The first-order valence-corrected chi connectivity index (χ1v) is 2.63. The second kappa shape index (κ2) is 2.14. The summed E-state index contributed by atoms with van der Waals surface area (Å²) in [6, 6.07) is -0.704. The van der Waals surface area contributed by atoms with Crippen molar-refractivity contribution in [2.24, 2.45) is 0 Å². The highest BCUT2D eigenvalue weighted by molar-refractivity contribution is 4.91. The maximum atomic E-state index is 10.1. The maximum absolute atomic E-state index is 10.1. The molecule has 9 heavy (non-hydrogen) atoms. The van der Waals surface area contributed by atoms with Crippen molar-refractivity contribution in [3.63, 3.8) is 0 Å². The number of hydrogen-bond acceptors (Lipinski definition) is 3. The van der Waals surface area contributed by atoms with Crippen molar-refractivity contribution in [3.8, 4) is 0 Å². The summed E-state index contributed by atoms with van der Waals surface area (Å²) in [4.78, 5) is 9.68. The van der Waals surface area contributed by atoms with Crippen LogP contribution in [0.1, 0.15) is 0 Å². The molecule has 0 saturated carbocycles. The number of nitro groups is 1. The first kappa shape index (κ1) is 6.22. The Labute approximate surface area is 52.3 Å². The molecule has 4 heteroatoms. The van der Waals surface area contributed by atoms with Crippen molar-refractivity contribution in [2.75, 3.05) is 6.61 Å². The zero-order valence-electron chi connectivity index (χ0n) is 4.82. The van der Waals surface area contributed by atoms with Crippen LogP contribution in [0.15, 0.2) is 12.7 Å². The average molecular weight is 129 g/mol. The third-order valence-electron chi connectivity index (χ3n) is 1.22. The van der Waals surface area contributed by atoms with Gasteiger partial charge in [-0.1, -0.05) is 6.58 Å². The highest BCUT2D eigenvalue weighted by atomic mass is 16.6.